The van der Waals surface area contributed by atoms with E-state index in [1.54, 1.807) is 0 Å². The summed E-state index contributed by atoms with van der Waals surface area (Å²) in [6.45, 7) is 6.28. The summed E-state index contributed by atoms with van der Waals surface area (Å²) < 4.78 is 18.8. The summed E-state index contributed by atoms with van der Waals surface area (Å²) in [6, 6.07) is 16.8. The van der Waals surface area contributed by atoms with Crippen molar-refractivity contribution in [1.82, 2.24) is 10.6 Å². The molecule has 0 aromatic heterocycles. The van der Waals surface area contributed by atoms with Crippen LogP contribution in [0.2, 0.25) is 0 Å². The predicted molar refractivity (Wildman–Crippen MR) is 219 cm³/mol. The van der Waals surface area contributed by atoms with Crippen LogP contribution in [0.25, 0.3) is 16.8 Å². The summed E-state index contributed by atoms with van der Waals surface area (Å²) in [4.78, 5) is 35.7. The smallest absolute Gasteiger partial charge is 0.328 e. The standard InChI is InChI=1S/C46H64N2O6/c1-3-5-7-9-11-13-15-17-19-21-27-52-41-30-37(31-42(34-41)53-28-22-20-18-16-14-12-10-8-6-4-2)35-54-40-26-25-38-29-36(23-24-39(38)33-40)32-43-44(49)47-46(51)48-45(43)50/h23-26,29-34H,3-22,27-28,35H2,1-2H3,(H2,47,48,49,50,51). The first kappa shape index (κ1) is 42.4. The van der Waals surface area contributed by atoms with Crippen molar-refractivity contribution in [3.05, 3.63) is 71.3 Å². The first-order valence-electron chi connectivity index (χ1n) is 20.9. The third kappa shape index (κ3) is 16.0. The van der Waals surface area contributed by atoms with Crippen LogP contribution < -0.4 is 24.8 Å². The van der Waals surface area contributed by atoms with E-state index in [-0.39, 0.29) is 5.57 Å². The Labute approximate surface area is 323 Å². The Hall–Kier alpha value is -4.33. The number of barbiturate groups is 1. The predicted octanol–water partition coefficient (Wildman–Crippen LogP) is 11.8. The van der Waals surface area contributed by atoms with Gasteiger partial charge >= 0.3 is 6.03 Å². The van der Waals surface area contributed by atoms with Crippen molar-refractivity contribution >= 4 is 34.7 Å². The summed E-state index contributed by atoms with van der Waals surface area (Å²) in [5.74, 6) is 0.925. The largest absolute Gasteiger partial charge is 0.493 e. The number of benzene rings is 3. The van der Waals surface area contributed by atoms with Crippen molar-refractivity contribution in [1.29, 1.82) is 0 Å². The second kappa shape index (κ2) is 24.9. The van der Waals surface area contributed by atoms with Gasteiger partial charge in [0.15, 0.2) is 0 Å². The molecule has 294 valence electrons. The molecule has 1 aliphatic rings. The monoisotopic (exact) mass is 740 g/mol. The van der Waals surface area contributed by atoms with E-state index in [2.05, 4.69) is 36.6 Å². The van der Waals surface area contributed by atoms with Gasteiger partial charge in [0.25, 0.3) is 11.8 Å². The maximum Gasteiger partial charge on any atom is 0.328 e. The molecular formula is C46H64N2O6. The van der Waals surface area contributed by atoms with Gasteiger partial charge in [-0.1, -0.05) is 148 Å². The minimum absolute atomic E-state index is 0.115. The molecular weight excluding hydrogens is 677 g/mol. The van der Waals surface area contributed by atoms with Gasteiger partial charge in [-0.2, -0.15) is 0 Å². The van der Waals surface area contributed by atoms with Gasteiger partial charge in [-0.05, 0) is 71.1 Å². The van der Waals surface area contributed by atoms with E-state index in [1.165, 1.54) is 122 Å². The van der Waals surface area contributed by atoms with Gasteiger partial charge in [-0.3, -0.25) is 20.2 Å². The molecule has 4 amide bonds. The van der Waals surface area contributed by atoms with E-state index in [1.807, 2.05) is 42.5 Å². The number of carbonyl (C=O) groups is 3. The lowest BCUT2D eigenvalue weighted by molar-refractivity contribution is -0.123. The molecule has 0 radical (unpaired) electrons. The zero-order valence-electron chi connectivity index (χ0n) is 33.0. The average Bonchev–Trinajstić information content (AvgIpc) is 3.16. The number of imide groups is 2. The first-order chi connectivity index (χ1) is 26.4. The van der Waals surface area contributed by atoms with E-state index < -0.39 is 17.8 Å². The number of nitrogens with one attached hydrogen (secondary N) is 2. The Morgan fingerprint density at radius 2 is 0.944 bits per heavy atom. The SMILES string of the molecule is CCCCCCCCCCCCOc1cc(COc2ccc3cc(C=C4C(=O)NC(=O)NC4=O)ccc3c2)cc(OCCCCCCCCCCCC)c1. The van der Waals surface area contributed by atoms with Crippen LogP contribution in [-0.2, 0) is 16.2 Å². The van der Waals surface area contributed by atoms with E-state index in [9.17, 15) is 14.4 Å². The molecule has 3 aromatic carbocycles. The number of hydrogen-bond acceptors (Lipinski definition) is 6. The van der Waals surface area contributed by atoms with Gasteiger partial charge in [-0.15, -0.1) is 0 Å². The van der Waals surface area contributed by atoms with E-state index in [0.29, 0.717) is 25.4 Å². The number of amides is 4. The van der Waals surface area contributed by atoms with E-state index >= 15 is 0 Å². The maximum atomic E-state index is 12.1. The van der Waals surface area contributed by atoms with Crippen LogP contribution in [0.3, 0.4) is 0 Å². The van der Waals surface area contributed by atoms with Gasteiger partial charge in [-0.25, -0.2) is 4.79 Å². The van der Waals surface area contributed by atoms with Gasteiger partial charge < -0.3 is 14.2 Å². The number of hydrogen-bond donors (Lipinski definition) is 2. The van der Waals surface area contributed by atoms with Crippen LogP contribution in [-0.4, -0.2) is 31.1 Å². The van der Waals surface area contributed by atoms with Crippen molar-refractivity contribution in [2.75, 3.05) is 13.2 Å². The third-order valence-corrected chi connectivity index (χ3v) is 9.97. The summed E-state index contributed by atoms with van der Waals surface area (Å²) in [7, 11) is 0. The fourth-order valence-electron chi connectivity index (χ4n) is 6.80. The quantitative estimate of drug-likeness (QED) is 0.0436. The van der Waals surface area contributed by atoms with Crippen molar-refractivity contribution in [3.8, 4) is 17.2 Å². The lowest BCUT2D eigenvalue weighted by atomic mass is 10.0. The minimum Gasteiger partial charge on any atom is -0.493 e. The van der Waals surface area contributed by atoms with Crippen LogP contribution >= 0.6 is 0 Å². The number of unbranched alkanes of at least 4 members (excludes halogenated alkanes) is 18. The molecule has 54 heavy (non-hydrogen) atoms. The number of carbonyl (C=O) groups excluding carboxylic acids is 3. The molecule has 4 rings (SSSR count). The molecule has 0 saturated carbocycles. The number of fused-ring (bicyclic) bond motifs is 1. The molecule has 2 N–H and O–H groups in total. The summed E-state index contributed by atoms with van der Waals surface area (Å²) in [6.07, 6.45) is 27.3. The Morgan fingerprint density at radius 1 is 0.481 bits per heavy atom. The second-order valence-corrected chi connectivity index (χ2v) is 14.7. The number of urea groups is 1. The van der Waals surface area contributed by atoms with E-state index in [4.69, 9.17) is 14.2 Å². The minimum atomic E-state index is -0.815. The Morgan fingerprint density at radius 3 is 1.46 bits per heavy atom. The molecule has 1 saturated heterocycles. The lowest BCUT2D eigenvalue weighted by Crippen LogP contribution is -2.51. The Kier molecular flexibility index (Phi) is 19.5. The summed E-state index contributed by atoms with van der Waals surface area (Å²) >= 11 is 0. The molecule has 0 aliphatic carbocycles. The van der Waals surface area contributed by atoms with Gasteiger partial charge in [0.1, 0.15) is 29.4 Å². The average molecular weight is 741 g/mol. The molecule has 0 bridgehead atoms. The number of ether oxygens (including phenoxy) is 3. The highest BCUT2D eigenvalue weighted by Crippen LogP contribution is 2.27. The lowest BCUT2D eigenvalue weighted by Gasteiger charge is -2.14. The molecule has 0 spiro atoms. The molecule has 8 nitrogen and oxygen atoms in total. The van der Waals surface area contributed by atoms with Crippen LogP contribution in [0.5, 0.6) is 17.2 Å². The summed E-state index contributed by atoms with van der Waals surface area (Å²) in [5, 5.41) is 6.09. The van der Waals surface area contributed by atoms with Gasteiger partial charge in [0.05, 0.1) is 13.2 Å². The van der Waals surface area contributed by atoms with Crippen LogP contribution in [0.15, 0.2) is 60.2 Å². The van der Waals surface area contributed by atoms with Gasteiger partial charge in [0, 0.05) is 6.07 Å². The maximum absolute atomic E-state index is 12.1. The molecule has 0 atom stereocenters. The topological polar surface area (TPSA) is 103 Å². The Balaban J connectivity index is 1.29. The van der Waals surface area contributed by atoms with Crippen LogP contribution in [0.4, 0.5) is 4.79 Å². The molecule has 1 fully saturated rings. The zero-order chi connectivity index (χ0) is 38.2. The first-order valence-corrected chi connectivity index (χ1v) is 20.9. The summed E-state index contributed by atoms with van der Waals surface area (Å²) in [5.41, 5.74) is 1.54. The fraction of sp³-hybridized carbons (Fsp3) is 0.543. The molecule has 1 heterocycles. The highest BCUT2D eigenvalue weighted by molar-refractivity contribution is 6.31. The highest BCUT2D eigenvalue weighted by atomic mass is 16.5. The highest BCUT2D eigenvalue weighted by Gasteiger charge is 2.27. The Bertz CT molecular complexity index is 1570. The van der Waals surface area contributed by atoms with Gasteiger partial charge in [0.2, 0.25) is 0 Å². The van der Waals surface area contributed by atoms with E-state index in [0.717, 1.165) is 46.4 Å². The second-order valence-electron chi connectivity index (χ2n) is 14.7. The third-order valence-electron chi connectivity index (χ3n) is 9.97. The van der Waals surface area contributed by atoms with Crippen LogP contribution in [0.1, 0.15) is 153 Å². The van der Waals surface area contributed by atoms with Crippen molar-refractivity contribution < 1.29 is 28.6 Å². The molecule has 1 aliphatic heterocycles. The fourth-order valence-corrected chi connectivity index (χ4v) is 6.80. The van der Waals surface area contributed by atoms with Crippen molar-refractivity contribution in [3.63, 3.8) is 0 Å². The number of rotatable bonds is 28. The zero-order valence-corrected chi connectivity index (χ0v) is 33.0. The normalized spacial score (nSPS) is 12.9. The molecule has 8 heteroatoms. The molecule has 3 aromatic rings. The molecule has 0 unspecified atom stereocenters. The van der Waals surface area contributed by atoms with Crippen LogP contribution in [0, 0.1) is 0 Å². The van der Waals surface area contributed by atoms with Crippen molar-refractivity contribution in [2.24, 2.45) is 0 Å². The van der Waals surface area contributed by atoms with Crippen molar-refractivity contribution in [2.45, 2.75) is 149 Å².